The number of hydrogen-bond donors (Lipinski definition) is 1. The second kappa shape index (κ2) is 13.6. The minimum atomic E-state index is -0.935. The third-order valence-electron chi connectivity index (χ3n) is 9.20. The van der Waals surface area contributed by atoms with Crippen molar-refractivity contribution in [2.45, 2.75) is 56.1 Å². The van der Waals surface area contributed by atoms with Crippen LogP contribution in [0.1, 0.15) is 51.7 Å². The summed E-state index contributed by atoms with van der Waals surface area (Å²) in [5.74, 6) is 2.37. The molecule has 6 aromatic rings. The normalized spacial score (nSPS) is 14.7. The van der Waals surface area contributed by atoms with E-state index in [2.05, 4.69) is 35.4 Å². The molecule has 0 aliphatic carbocycles. The van der Waals surface area contributed by atoms with Gasteiger partial charge in [0.05, 0.1) is 28.5 Å². The first kappa shape index (κ1) is 32.7. The number of fused-ring (bicyclic) bond motifs is 11. The van der Waals surface area contributed by atoms with Crippen molar-refractivity contribution >= 4 is 62.8 Å². The molecule has 11 heteroatoms. The summed E-state index contributed by atoms with van der Waals surface area (Å²) < 4.78 is 12.3. The van der Waals surface area contributed by atoms with E-state index in [1.807, 2.05) is 77.9 Å². The van der Waals surface area contributed by atoms with Crippen LogP contribution in [-0.4, -0.2) is 47.6 Å². The lowest BCUT2D eigenvalue weighted by Gasteiger charge is -2.14. The van der Waals surface area contributed by atoms with Gasteiger partial charge in [0.25, 0.3) is 0 Å². The Morgan fingerprint density at radius 3 is 2.58 bits per heavy atom. The Morgan fingerprint density at radius 1 is 0.958 bits per heavy atom. The zero-order valence-electron chi connectivity index (χ0n) is 27.5. The van der Waals surface area contributed by atoms with Gasteiger partial charge in [0.1, 0.15) is 11.4 Å². The molecular formula is C37H38ClN5O3S2. The number of carboxylic acids is 1. The van der Waals surface area contributed by atoms with Gasteiger partial charge >= 0.3 is 5.97 Å². The van der Waals surface area contributed by atoms with Gasteiger partial charge < -0.3 is 14.4 Å². The first-order valence-electron chi connectivity index (χ1n) is 16.2. The zero-order valence-corrected chi connectivity index (χ0v) is 29.9. The number of carboxylic acid groups (broad SMARTS) is 1. The molecule has 1 N–H and O–H groups in total. The van der Waals surface area contributed by atoms with Crippen LogP contribution in [0, 0.1) is 13.8 Å². The molecule has 0 saturated heterocycles. The van der Waals surface area contributed by atoms with Crippen molar-refractivity contribution in [3.05, 3.63) is 93.7 Å². The van der Waals surface area contributed by atoms with Crippen LogP contribution in [0.2, 0.25) is 5.02 Å². The van der Waals surface area contributed by atoms with Gasteiger partial charge in [-0.05, 0) is 74.1 Å². The zero-order chi connectivity index (χ0) is 33.5. The summed E-state index contributed by atoms with van der Waals surface area (Å²) in [4.78, 5) is 14.3. The van der Waals surface area contributed by atoms with Crippen LogP contribution in [0.3, 0.4) is 0 Å². The largest absolute Gasteiger partial charge is 0.493 e. The smallest absolute Gasteiger partial charge is 0.352 e. The molecule has 0 atom stereocenters. The van der Waals surface area contributed by atoms with Crippen LogP contribution >= 0.6 is 35.1 Å². The number of hydrogen-bond acceptors (Lipinski definition) is 6. The average Bonchev–Trinajstić information content (AvgIpc) is 3.66. The standard InChI is InChI=1S/C37H38ClN5O3S2/c1-22-33(23(2)41(3)39-22)34-31(38)13-12-30-29-11-7-15-46-32-19-27(17-24-9-5-6-10-28(24)32)48-21-26-18-25(40-42(26)4)20-47-16-8-14-43(35(30)34)36(29)37(44)45/h5-6,9-10,12-13,17-19H,7-8,11,14-16,20-21H2,1-4H3,(H,44,45). The van der Waals surface area contributed by atoms with E-state index < -0.39 is 5.97 Å². The van der Waals surface area contributed by atoms with Gasteiger partial charge in [0.15, 0.2) is 0 Å². The number of aromatic carboxylic acids is 1. The molecule has 0 saturated carbocycles. The van der Waals surface area contributed by atoms with Crippen molar-refractivity contribution < 1.29 is 14.6 Å². The second-order valence-electron chi connectivity index (χ2n) is 12.3. The molecule has 0 amide bonds. The first-order chi connectivity index (χ1) is 23.2. The Kier molecular flexibility index (Phi) is 9.24. The fourth-order valence-electron chi connectivity index (χ4n) is 6.91. The van der Waals surface area contributed by atoms with Crippen molar-refractivity contribution in [2.24, 2.45) is 14.1 Å². The highest BCUT2D eigenvalue weighted by Gasteiger charge is 2.27. The third kappa shape index (κ3) is 6.10. The van der Waals surface area contributed by atoms with Crippen LogP contribution in [0.15, 0.2) is 59.5 Å². The van der Waals surface area contributed by atoms with E-state index in [0.29, 0.717) is 36.7 Å². The monoisotopic (exact) mass is 699 g/mol. The predicted molar refractivity (Wildman–Crippen MR) is 197 cm³/mol. The number of nitrogens with zero attached hydrogens (tertiary/aromatic N) is 5. The number of halogens is 1. The maximum absolute atomic E-state index is 13.1. The topological polar surface area (TPSA) is 87.1 Å². The number of thioether (sulfide) groups is 2. The molecule has 0 spiro atoms. The lowest BCUT2D eigenvalue weighted by molar-refractivity contribution is 0.0684. The van der Waals surface area contributed by atoms with Crippen LogP contribution in [-0.2, 0) is 38.6 Å². The summed E-state index contributed by atoms with van der Waals surface area (Å²) in [7, 11) is 3.93. The molecule has 4 heterocycles. The second-order valence-corrected chi connectivity index (χ2v) is 14.9. The van der Waals surface area contributed by atoms with E-state index in [9.17, 15) is 9.90 Å². The number of carbonyl (C=O) groups is 1. The van der Waals surface area contributed by atoms with Gasteiger partial charge in [-0.2, -0.15) is 22.0 Å². The lowest BCUT2D eigenvalue weighted by atomic mass is 9.98. The Bertz CT molecular complexity index is 2180. The fourth-order valence-corrected chi connectivity index (χ4v) is 8.97. The molecule has 248 valence electrons. The van der Waals surface area contributed by atoms with Crippen LogP contribution in [0.4, 0.5) is 0 Å². The average molecular weight is 700 g/mol. The van der Waals surface area contributed by atoms with Crippen molar-refractivity contribution in [3.8, 4) is 16.9 Å². The molecule has 0 unspecified atom stereocenters. The summed E-state index contributed by atoms with van der Waals surface area (Å²) in [6.45, 7) is 5.01. The van der Waals surface area contributed by atoms with Gasteiger partial charge in [0.2, 0.25) is 0 Å². The van der Waals surface area contributed by atoms with Gasteiger partial charge in [0, 0.05) is 70.3 Å². The highest BCUT2D eigenvalue weighted by Crippen LogP contribution is 2.42. The van der Waals surface area contributed by atoms with E-state index in [4.69, 9.17) is 21.4 Å². The molecule has 6 bridgehead atoms. The SMILES string of the molecule is Cc1nn(C)c(C)c1-c1c(Cl)ccc2c3c(C(=O)O)n(c12)CCCSCc1cc(n(C)n1)CSc1cc(c2ccccc2c1)OCCC3. The maximum Gasteiger partial charge on any atom is 0.352 e. The summed E-state index contributed by atoms with van der Waals surface area (Å²) >= 11 is 10.6. The van der Waals surface area contributed by atoms with Crippen molar-refractivity contribution in [1.82, 2.24) is 24.1 Å². The number of aryl methyl sites for hydroxylation is 5. The van der Waals surface area contributed by atoms with Crippen LogP contribution < -0.4 is 4.74 Å². The van der Waals surface area contributed by atoms with Crippen LogP contribution in [0.25, 0.3) is 32.8 Å². The van der Waals surface area contributed by atoms with E-state index in [1.54, 1.807) is 11.8 Å². The minimum Gasteiger partial charge on any atom is -0.493 e. The molecule has 1 aliphatic heterocycles. The summed E-state index contributed by atoms with van der Waals surface area (Å²) in [6, 6.07) is 18.7. The Morgan fingerprint density at radius 2 is 1.79 bits per heavy atom. The third-order valence-corrected chi connectivity index (χ3v) is 11.6. The van der Waals surface area contributed by atoms with Crippen molar-refractivity contribution in [2.75, 3.05) is 12.4 Å². The highest BCUT2D eigenvalue weighted by atomic mass is 35.5. The summed E-state index contributed by atoms with van der Waals surface area (Å²) in [5, 5.41) is 23.9. The first-order valence-corrected chi connectivity index (χ1v) is 18.7. The number of rotatable bonds is 2. The molecule has 1 aliphatic rings. The minimum absolute atomic E-state index is 0.324. The lowest BCUT2D eigenvalue weighted by Crippen LogP contribution is -2.12. The van der Waals surface area contributed by atoms with Gasteiger partial charge in [-0.1, -0.05) is 41.9 Å². The van der Waals surface area contributed by atoms with Crippen LogP contribution in [0.5, 0.6) is 5.75 Å². The number of ether oxygens (including phenoxy) is 1. The molecule has 8 nitrogen and oxygen atoms in total. The van der Waals surface area contributed by atoms with E-state index in [0.717, 1.165) is 89.8 Å². The Balaban J connectivity index is 1.33. The van der Waals surface area contributed by atoms with E-state index >= 15 is 0 Å². The molecule has 3 aromatic heterocycles. The van der Waals surface area contributed by atoms with Crippen molar-refractivity contribution in [1.29, 1.82) is 0 Å². The summed E-state index contributed by atoms with van der Waals surface area (Å²) in [6.07, 6.45) is 2.01. The van der Waals surface area contributed by atoms with Gasteiger partial charge in [-0.25, -0.2) is 4.79 Å². The maximum atomic E-state index is 13.1. The highest BCUT2D eigenvalue weighted by molar-refractivity contribution is 7.98. The molecule has 0 fully saturated rings. The predicted octanol–water partition coefficient (Wildman–Crippen LogP) is 8.84. The molecular weight excluding hydrogens is 662 g/mol. The molecule has 0 radical (unpaired) electrons. The van der Waals surface area contributed by atoms with Gasteiger partial charge in [-0.15, -0.1) is 11.8 Å². The molecule has 3 aromatic carbocycles. The number of aromatic nitrogens is 5. The molecule has 48 heavy (non-hydrogen) atoms. The Labute approximate surface area is 293 Å². The molecule has 7 rings (SSSR count). The van der Waals surface area contributed by atoms with E-state index in [1.165, 1.54) is 5.69 Å². The number of benzene rings is 3. The van der Waals surface area contributed by atoms with Gasteiger partial charge in [-0.3, -0.25) is 9.36 Å². The Hall–Kier alpha value is -3.86. The van der Waals surface area contributed by atoms with Crippen molar-refractivity contribution in [3.63, 3.8) is 0 Å². The van der Waals surface area contributed by atoms with E-state index in [-0.39, 0.29) is 0 Å². The summed E-state index contributed by atoms with van der Waals surface area (Å²) in [5.41, 5.74) is 7.85. The quantitative estimate of drug-likeness (QED) is 0.193. The fraction of sp³-hybridized carbons (Fsp3) is 0.324.